The molecule has 1 aliphatic rings. The predicted molar refractivity (Wildman–Crippen MR) is 73.0 cm³/mol. The third-order valence-corrected chi connectivity index (χ3v) is 3.76. The Kier molecular flexibility index (Phi) is 4.24. The smallest absolute Gasteiger partial charge is 0.0484 e. The van der Waals surface area contributed by atoms with Crippen LogP contribution in [0.3, 0.4) is 0 Å². The molecule has 1 aromatic carbocycles. The van der Waals surface area contributed by atoms with Gasteiger partial charge in [0.25, 0.3) is 0 Å². The van der Waals surface area contributed by atoms with Gasteiger partial charge in [-0.3, -0.25) is 0 Å². The first-order chi connectivity index (χ1) is 7.75. The minimum Gasteiger partial charge on any atom is -0.384 e. The van der Waals surface area contributed by atoms with Crippen LogP contribution in [0.2, 0.25) is 0 Å². The molecule has 1 saturated heterocycles. The van der Waals surface area contributed by atoms with E-state index in [4.69, 9.17) is 0 Å². The van der Waals surface area contributed by atoms with Gasteiger partial charge in [0, 0.05) is 16.7 Å². The molecule has 0 radical (unpaired) electrons. The second kappa shape index (κ2) is 5.69. The van der Waals surface area contributed by atoms with Crippen LogP contribution >= 0.6 is 15.9 Å². The highest BCUT2D eigenvalue weighted by Gasteiger charge is 2.12. The van der Waals surface area contributed by atoms with Gasteiger partial charge in [0.15, 0.2) is 0 Å². The zero-order valence-corrected chi connectivity index (χ0v) is 11.3. The molecule has 0 aromatic heterocycles. The van der Waals surface area contributed by atoms with E-state index in [0.29, 0.717) is 0 Å². The Bertz CT molecular complexity index is 346. The van der Waals surface area contributed by atoms with Gasteiger partial charge < -0.3 is 10.6 Å². The molecule has 1 heterocycles. The molecule has 88 valence electrons. The van der Waals surface area contributed by atoms with Crippen LogP contribution in [0.5, 0.6) is 0 Å². The Balaban J connectivity index is 1.88. The van der Waals surface area contributed by atoms with Gasteiger partial charge in [-0.1, -0.05) is 6.07 Å². The summed E-state index contributed by atoms with van der Waals surface area (Å²) in [5.41, 5.74) is 2.49. The number of piperidine rings is 1. The summed E-state index contributed by atoms with van der Waals surface area (Å²) in [6.07, 6.45) is 2.64. The van der Waals surface area contributed by atoms with Gasteiger partial charge >= 0.3 is 0 Å². The van der Waals surface area contributed by atoms with Crippen LogP contribution in [0.4, 0.5) is 5.69 Å². The average molecular weight is 283 g/mol. The Morgan fingerprint density at radius 3 is 3.06 bits per heavy atom. The van der Waals surface area contributed by atoms with E-state index in [2.05, 4.69) is 51.7 Å². The lowest BCUT2D eigenvalue weighted by Gasteiger charge is -2.23. The largest absolute Gasteiger partial charge is 0.384 e. The van der Waals surface area contributed by atoms with E-state index in [1.165, 1.54) is 30.6 Å². The van der Waals surface area contributed by atoms with Gasteiger partial charge in [-0.25, -0.2) is 0 Å². The molecule has 2 rings (SSSR count). The molecule has 1 atom stereocenters. The van der Waals surface area contributed by atoms with Crippen LogP contribution < -0.4 is 10.6 Å². The van der Waals surface area contributed by atoms with Crippen molar-refractivity contribution in [1.82, 2.24) is 5.32 Å². The first-order valence-corrected chi connectivity index (χ1v) is 6.76. The molecule has 2 N–H and O–H groups in total. The quantitative estimate of drug-likeness (QED) is 0.890. The zero-order valence-electron chi connectivity index (χ0n) is 9.72. The van der Waals surface area contributed by atoms with Gasteiger partial charge in [0.05, 0.1) is 0 Å². The van der Waals surface area contributed by atoms with E-state index >= 15 is 0 Å². The maximum atomic E-state index is 3.59. The molecule has 16 heavy (non-hydrogen) atoms. The molecular formula is C13H19BrN2. The third kappa shape index (κ3) is 3.22. The van der Waals surface area contributed by atoms with E-state index in [-0.39, 0.29) is 0 Å². The SMILES string of the molecule is Cc1ccc(NCC2CCCNC2)c(Br)c1. The van der Waals surface area contributed by atoms with E-state index in [0.717, 1.165) is 23.5 Å². The maximum Gasteiger partial charge on any atom is 0.0484 e. The van der Waals surface area contributed by atoms with Crippen LogP contribution in [0.25, 0.3) is 0 Å². The van der Waals surface area contributed by atoms with Gasteiger partial charge in [0.2, 0.25) is 0 Å². The van der Waals surface area contributed by atoms with Crippen molar-refractivity contribution in [2.75, 3.05) is 25.0 Å². The third-order valence-electron chi connectivity index (χ3n) is 3.10. The topological polar surface area (TPSA) is 24.1 Å². The van der Waals surface area contributed by atoms with Crippen molar-refractivity contribution in [3.63, 3.8) is 0 Å². The molecule has 2 nitrogen and oxygen atoms in total. The first kappa shape index (κ1) is 11.9. The van der Waals surface area contributed by atoms with Crippen LogP contribution in [0.1, 0.15) is 18.4 Å². The number of hydrogen-bond acceptors (Lipinski definition) is 2. The van der Waals surface area contributed by atoms with Crippen molar-refractivity contribution in [2.24, 2.45) is 5.92 Å². The Labute approximate surface area is 106 Å². The minimum absolute atomic E-state index is 0.766. The molecule has 1 fully saturated rings. The molecule has 0 bridgehead atoms. The second-order valence-corrected chi connectivity index (χ2v) is 5.43. The lowest BCUT2D eigenvalue weighted by atomic mass is 10.00. The number of hydrogen-bond donors (Lipinski definition) is 2. The highest BCUT2D eigenvalue weighted by Crippen LogP contribution is 2.24. The van der Waals surface area contributed by atoms with Crippen molar-refractivity contribution in [3.8, 4) is 0 Å². The summed E-state index contributed by atoms with van der Waals surface area (Å²) in [7, 11) is 0. The zero-order chi connectivity index (χ0) is 11.4. The van der Waals surface area contributed by atoms with Gasteiger partial charge in [-0.2, -0.15) is 0 Å². The molecule has 0 aliphatic carbocycles. The highest BCUT2D eigenvalue weighted by atomic mass is 79.9. The van der Waals surface area contributed by atoms with Crippen LogP contribution in [0.15, 0.2) is 22.7 Å². The normalized spacial score (nSPS) is 20.8. The number of nitrogens with one attached hydrogen (secondary N) is 2. The maximum absolute atomic E-state index is 3.59. The Morgan fingerprint density at radius 1 is 1.50 bits per heavy atom. The molecular weight excluding hydrogens is 264 g/mol. The summed E-state index contributed by atoms with van der Waals surface area (Å²) < 4.78 is 1.16. The monoisotopic (exact) mass is 282 g/mol. The number of halogens is 1. The van der Waals surface area contributed by atoms with E-state index < -0.39 is 0 Å². The Morgan fingerprint density at radius 2 is 2.38 bits per heavy atom. The summed E-state index contributed by atoms with van der Waals surface area (Å²) in [5, 5.41) is 6.97. The molecule has 0 saturated carbocycles. The number of aryl methyl sites for hydroxylation is 1. The molecule has 1 aromatic rings. The molecule has 0 amide bonds. The van der Waals surface area contributed by atoms with E-state index in [1.54, 1.807) is 0 Å². The van der Waals surface area contributed by atoms with Crippen molar-refractivity contribution in [3.05, 3.63) is 28.2 Å². The first-order valence-electron chi connectivity index (χ1n) is 5.96. The van der Waals surface area contributed by atoms with Crippen LogP contribution in [-0.4, -0.2) is 19.6 Å². The second-order valence-electron chi connectivity index (χ2n) is 4.58. The van der Waals surface area contributed by atoms with Crippen molar-refractivity contribution >= 4 is 21.6 Å². The summed E-state index contributed by atoms with van der Waals surface area (Å²) in [6.45, 7) is 5.51. The minimum atomic E-state index is 0.766. The van der Waals surface area contributed by atoms with Gasteiger partial charge in [-0.15, -0.1) is 0 Å². The summed E-state index contributed by atoms with van der Waals surface area (Å²) in [5.74, 6) is 0.766. The van der Waals surface area contributed by atoms with Crippen LogP contribution in [-0.2, 0) is 0 Å². The van der Waals surface area contributed by atoms with Gasteiger partial charge in [0.1, 0.15) is 0 Å². The van der Waals surface area contributed by atoms with Crippen LogP contribution in [0, 0.1) is 12.8 Å². The number of benzene rings is 1. The van der Waals surface area contributed by atoms with Crippen molar-refractivity contribution in [2.45, 2.75) is 19.8 Å². The fourth-order valence-corrected chi connectivity index (χ4v) is 2.75. The lowest BCUT2D eigenvalue weighted by Crippen LogP contribution is -2.33. The summed E-state index contributed by atoms with van der Waals surface area (Å²) in [6, 6.07) is 6.45. The lowest BCUT2D eigenvalue weighted by molar-refractivity contribution is 0.393. The predicted octanol–water partition coefficient (Wildman–Crippen LogP) is 3.17. The fraction of sp³-hybridized carbons (Fsp3) is 0.538. The highest BCUT2D eigenvalue weighted by molar-refractivity contribution is 9.10. The number of rotatable bonds is 3. The summed E-state index contributed by atoms with van der Waals surface area (Å²) >= 11 is 3.59. The molecule has 0 spiro atoms. The van der Waals surface area contributed by atoms with E-state index in [9.17, 15) is 0 Å². The van der Waals surface area contributed by atoms with Crippen molar-refractivity contribution in [1.29, 1.82) is 0 Å². The fourth-order valence-electron chi connectivity index (χ4n) is 2.12. The number of anilines is 1. The molecule has 1 aliphatic heterocycles. The van der Waals surface area contributed by atoms with Crippen molar-refractivity contribution < 1.29 is 0 Å². The Hall–Kier alpha value is -0.540. The van der Waals surface area contributed by atoms with Gasteiger partial charge in [-0.05, 0) is 72.4 Å². The van der Waals surface area contributed by atoms with E-state index in [1.807, 2.05) is 0 Å². The summed E-state index contributed by atoms with van der Waals surface area (Å²) in [4.78, 5) is 0. The molecule has 3 heteroatoms. The molecule has 1 unspecified atom stereocenters. The standard InChI is InChI=1S/C13H19BrN2/c1-10-4-5-13(12(14)7-10)16-9-11-3-2-6-15-8-11/h4-5,7,11,15-16H,2-3,6,8-9H2,1H3. The average Bonchev–Trinajstić information content (AvgIpc) is 2.29.